The average Bonchev–Trinajstić information content (AvgIpc) is 2.68. The summed E-state index contributed by atoms with van der Waals surface area (Å²) >= 11 is 0. The number of para-hydroxylation sites is 1. The number of rotatable bonds is 4. The second-order valence-electron chi connectivity index (χ2n) is 5.44. The Kier molecular flexibility index (Phi) is 4.16. The number of nitrogens with one attached hydrogen (secondary N) is 3. The number of benzene rings is 1. The van der Waals surface area contributed by atoms with Crippen LogP contribution >= 0.6 is 0 Å². The Balaban J connectivity index is 1.54. The third kappa shape index (κ3) is 3.17. The van der Waals surface area contributed by atoms with Gasteiger partial charge in [-0.2, -0.15) is 0 Å². The fraction of sp³-hybridized carbons (Fsp3) is 0.500. The first-order valence-corrected chi connectivity index (χ1v) is 7.42. The van der Waals surface area contributed by atoms with E-state index in [4.69, 9.17) is 0 Å². The summed E-state index contributed by atoms with van der Waals surface area (Å²) in [6.07, 6.45) is 7.12. The Morgan fingerprint density at radius 3 is 3.11 bits per heavy atom. The minimum Gasteiger partial charge on any atom is -0.361 e. The van der Waals surface area contributed by atoms with Crippen molar-refractivity contribution in [1.29, 1.82) is 0 Å². The Morgan fingerprint density at radius 2 is 2.11 bits per heavy atom. The smallest absolute Gasteiger partial charge is 0.0456 e. The Labute approximate surface area is 114 Å². The fourth-order valence-corrected chi connectivity index (χ4v) is 2.97. The quantitative estimate of drug-likeness (QED) is 0.787. The molecular weight excluding hydrogens is 234 g/mol. The highest BCUT2D eigenvalue weighted by Crippen LogP contribution is 2.17. The van der Waals surface area contributed by atoms with Gasteiger partial charge in [-0.25, -0.2) is 0 Å². The van der Waals surface area contributed by atoms with E-state index in [9.17, 15) is 0 Å². The van der Waals surface area contributed by atoms with Crippen LogP contribution in [0.4, 0.5) is 0 Å². The number of hydrogen-bond donors (Lipinski definition) is 3. The minimum atomic E-state index is 0.695. The van der Waals surface area contributed by atoms with Crippen LogP contribution in [0, 0.1) is 0 Å². The molecule has 3 nitrogen and oxygen atoms in total. The summed E-state index contributed by atoms with van der Waals surface area (Å²) in [5, 5.41) is 8.54. The van der Waals surface area contributed by atoms with Gasteiger partial charge in [0.1, 0.15) is 0 Å². The maximum Gasteiger partial charge on any atom is 0.0456 e. The predicted octanol–water partition coefficient (Wildman–Crippen LogP) is 2.44. The van der Waals surface area contributed by atoms with Crippen molar-refractivity contribution in [1.82, 2.24) is 15.6 Å². The molecule has 0 spiro atoms. The van der Waals surface area contributed by atoms with Crippen molar-refractivity contribution in [2.75, 3.05) is 19.6 Å². The van der Waals surface area contributed by atoms with E-state index >= 15 is 0 Å². The van der Waals surface area contributed by atoms with Gasteiger partial charge in [-0.3, -0.25) is 0 Å². The highest BCUT2D eigenvalue weighted by atomic mass is 14.9. The number of aromatic amines is 1. The topological polar surface area (TPSA) is 39.8 Å². The monoisotopic (exact) mass is 257 g/mol. The summed E-state index contributed by atoms with van der Waals surface area (Å²) in [4.78, 5) is 3.35. The lowest BCUT2D eigenvalue weighted by atomic mass is 10.1. The maximum absolute atomic E-state index is 3.71. The molecule has 0 aliphatic carbocycles. The Bertz CT molecular complexity index is 509. The molecule has 1 atom stereocenters. The molecule has 1 unspecified atom stereocenters. The molecule has 1 aromatic carbocycles. The summed E-state index contributed by atoms with van der Waals surface area (Å²) in [7, 11) is 0. The summed E-state index contributed by atoms with van der Waals surface area (Å²) in [6, 6.07) is 9.24. The van der Waals surface area contributed by atoms with Crippen molar-refractivity contribution in [2.45, 2.75) is 31.7 Å². The molecule has 19 heavy (non-hydrogen) atoms. The summed E-state index contributed by atoms with van der Waals surface area (Å²) in [5.74, 6) is 0. The maximum atomic E-state index is 3.71. The number of hydrogen-bond acceptors (Lipinski definition) is 2. The Morgan fingerprint density at radius 1 is 1.16 bits per heavy atom. The van der Waals surface area contributed by atoms with Crippen molar-refractivity contribution in [3.05, 3.63) is 36.0 Å². The third-order valence-corrected chi connectivity index (χ3v) is 4.08. The second-order valence-corrected chi connectivity index (χ2v) is 5.44. The standard InChI is InChI=1S/C16H23N3/c1-2-6-16-15(5-1)13(12-19-16)7-11-18-14-4-3-9-17-10-8-14/h1-2,5-6,12,14,17-19H,3-4,7-11H2. The van der Waals surface area contributed by atoms with E-state index in [-0.39, 0.29) is 0 Å². The molecular formula is C16H23N3. The van der Waals surface area contributed by atoms with Crippen LogP contribution in [0.25, 0.3) is 10.9 Å². The normalized spacial score (nSPS) is 20.5. The van der Waals surface area contributed by atoms with E-state index < -0.39 is 0 Å². The van der Waals surface area contributed by atoms with Crippen LogP contribution in [-0.4, -0.2) is 30.7 Å². The van der Waals surface area contributed by atoms with Gasteiger partial charge in [-0.15, -0.1) is 0 Å². The number of H-pyrrole nitrogens is 1. The van der Waals surface area contributed by atoms with Gasteiger partial charge in [0.05, 0.1) is 0 Å². The van der Waals surface area contributed by atoms with Gasteiger partial charge in [-0.05, 0) is 56.9 Å². The van der Waals surface area contributed by atoms with Crippen LogP contribution in [-0.2, 0) is 6.42 Å². The first-order chi connectivity index (χ1) is 9.43. The van der Waals surface area contributed by atoms with Gasteiger partial charge < -0.3 is 15.6 Å². The zero-order valence-corrected chi connectivity index (χ0v) is 11.4. The first-order valence-electron chi connectivity index (χ1n) is 7.42. The van der Waals surface area contributed by atoms with Gasteiger partial charge in [0.2, 0.25) is 0 Å². The van der Waals surface area contributed by atoms with Crippen LogP contribution in [0.15, 0.2) is 30.5 Å². The third-order valence-electron chi connectivity index (χ3n) is 4.08. The van der Waals surface area contributed by atoms with Gasteiger partial charge in [0.15, 0.2) is 0 Å². The zero-order chi connectivity index (χ0) is 12.9. The van der Waals surface area contributed by atoms with E-state index in [0.717, 1.165) is 19.5 Å². The van der Waals surface area contributed by atoms with Gasteiger partial charge in [-0.1, -0.05) is 18.2 Å². The number of fused-ring (bicyclic) bond motifs is 1. The van der Waals surface area contributed by atoms with Crippen molar-refractivity contribution in [3.8, 4) is 0 Å². The van der Waals surface area contributed by atoms with Crippen LogP contribution in [0.5, 0.6) is 0 Å². The van der Waals surface area contributed by atoms with E-state index in [2.05, 4.69) is 46.1 Å². The molecule has 1 aliphatic rings. The van der Waals surface area contributed by atoms with E-state index in [0.29, 0.717) is 6.04 Å². The molecule has 1 fully saturated rings. The second kappa shape index (κ2) is 6.22. The zero-order valence-electron chi connectivity index (χ0n) is 11.4. The molecule has 0 radical (unpaired) electrons. The highest BCUT2D eigenvalue weighted by molar-refractivity contribution is 5.83. The molecule has 2 aromatic rings. The minimum absolute atomic E-state index is 0.695. The molecule has 3 heteroatoms. The van der Waals surface area contributed by atoms with Gasteiger partial charge in [0, 0.05) is 23.1 Å². The van der Waals surface area contributed by atoms with Crippen molar-refractivity contribution < 1.29 is 0 Å². The lowest BCUT2D eigenvalue weighted by Gasteiger charge is -2.15. The van der Waals surface area contributed by atoms with E-state index in [1.807, 2.05) is 0 Å². The highest BCUT2D eigenvalue weighted by Gasteiger charge is 2.11. The van der Waals surface area contributed by atoms with Crippen molar-refractivity contribution in [3.63, 3.8) is 0 Å². The largest absolute Gasteiger partial charge is 0.361 e. The van der Waals surface area contributed by atoms with Gasteiger partial charge in [0.25, 0.3) is 0 Å². The van der Waals surface area contributed by atoms with Crippen LogP contribution in [0.1, 0.15) is 24.8 Å². The van der Waals surface area contributed by atoms with Crippen LogP contribution in [0.2, 0.25) is 0 Å². The summed E-state index contributed by atoms with van der Waals surface area (Å²) in [5.41, 5.74) is 2.67. The van der Waals surface area contributed by atoms with Crippen molar-refractivity contribution >= 4 is 10.9 Å². The van der Waals surface area contributed by atoms with Crippen molar-refractivity contribution in [2.24, 2.45) is 0 Å². The van der Waals surface area contributed by atoms with E-state index in [1.54, 1.807) is 0 Å². The molecule has 3 rings (SSSR count). The molecule has 0 saturated carbocycles. The Hall–Kier alpha value is -1.32. The molecule has 0 amide bonds. The average molecular weight is 257 g/mol. The molecule has 0 bridgehead atoms. The predicted molar refractivity (Wildman–Crippen MR) is 80.5 cm³/mol. The lowest BCUT2D eigenvalue weighted by Crippen LogP contribution is -2.31. The molecule has 1 aromatic heterocycles. The van der Waals surface area contributed by atoms with E-state index in [1.165, 1.54) is 42.3 Å². The summed E-state index contributed by atoms with van der Waals surface area (Å²) in [6.45, 7) is 3.41. The molecule has 102 valence electrons. The fourth-order valence-electron chi connectivity index (χ4n) is 2.97. The lowest BCUT2D eigenvalue weighted by molar-refractivity contribution is 0.473. The summed E-state index contributed by atoms with van der Waals surface area (Å²) < 4.78 is 0. The van der Waals surface area contributed by atoms with Crippen LogP contribution in [0.3, 0.4) is 0 Å². The molecule has 2 heterocycles. The number of aromatic nitrogens is 1. The molecule has 1 saturated heterocycles. The van der Waals surface area contributed by atoms with Gasteiger partial charge >= 0.3 is 0 Å². The molecule has 1 aliphatic heterocycles. The van der Waals surface area contributed by atoms with Crippen LogP contribution < -0.4 is 10.6 Å². The first kappa shape index (κ1) is 12.7. The molecule has 3 N–H and O–H groups in total. The SMILES string of the molecule is c1ccc2c(CCNC3CCCNCC3)c[nH]c2c1.